The van der Waals surface area contributed by atoms with Crippen molar-refractivity contribution < 1.29 is 47.4 Å². The van der Waals surface area contributed by atoms with E-state index in [0.717, 1.165) is 26.2 Å². The Morgan fingerprint density at radius 3 is 2.36 bits per heavy atom. The molecule has 1 rings (SSSR count). The molecule has 1 N–H and O–H groups in total. The van der Waals surface area contributed by atoms with Crippen molar-refractivity contribution in [2.24, 2.45) is 0 Å². The zero-order chi connectivity index (χ0) is 10.3. The Bertz CT molecular complexity index is 148. The molecule has 0 aromatic rings. The third kappa shape index (κ3) is 10.4. The monoisotopic (exact) mass is 390 g/mol. The molecule has 1 saturated carbocycles. The topological polar surface area (TPSA) is 69.6 Å². The minimum absolute atomic E-state index is 0. The molecule has 1 aliphatic carbocycles. The number of aliphatic carboxylic acids is 1. The molecule has 0 aromatic heterocycles. The molecule has 0 heterocycles. The summed E-state index contributed by atoms with van der Waals surface area (Å²) in [4.78, 5) is 8.89. The van der Waals surface area contributed by atoms with Gasteiger partial charge in [0.15, 0.2) is 0 Å². The van der Waals surface area contributed by atoms with Gasteiger partial charge in [0.1, 0.15) is 0 Å². The van der Waals surface area contributed by atoms with Crippen LogP contribution in [0.1, 0.15) is 26.2 Å². The number of carbonyl (C=O) groups excluding carboxylic acids is 1. The maximum atomic E-state index is 9.08. The number of carboxylic acids is 1. The summed E-state index contributed by atoms with van der Waals surface area (Å²) in [6.45, 7) is 0.972. The van der Waals surface area contributed by atoms with Crippen molar-refractivity contribution in [1.29, 1.82) is 0 Å². The molecule has 4 nitrogen and oxygen atoms in total. The van der Waals surface area contributed by atoms with E-state index in [-0.39, 0.29) is 39.9 Å². The van der Waals surface area contributed by atoms with E-state index in [4.69, 9.17) is 19.7 Å². The number of rotatable bonds is 1. The Morgan fingerprint density at radius 1 is 1.57 bits per heavy atom. The van der Waals surface area contributed by atoms with Crippen LogP contribution in [0.5, 0.6) is 0 Å². The van der Waals surface area contributed by atoms with E-state index < -0.39 is 5.97 Å². The third-order valence-corrected chi connectivity index (χ3v) is 1.73. The van der Waals surface area contributed by atoms with Crippen molar-refractivity contribution in [1.82, 2.24) is 0 Å². The van der Waals surface area contributed by atoms with Gasteiger partial charge in [0.05, 0.1) is 12.2 Å². The number of aliphatic hydroxyl groups is 1. The van der Waals surface area contributed by atoms with Gasteiger partial charge in [0.2, 0.25) is 0 Å². The van der Waals surface area contributed by atoms with Gasteiger partial charge in [-0.3, -0.25) is 0 Å². The second-order valence-electron chi connectivity index (χ2n) is 2.96. The van der Waals surface area contributed by atoms with Gasteiger partial charge in [-0.2, -0.15) is 0 Å². The summed E-state index contributed by atoms with van der Waals surface area (Å²) < 4.78 is 5.05. The predicted molar refractivity (Wildman–Crippen MR) is 45.6 cm³/mol. The van der Waals surface area contributed by atoms with Gasteiger partial charge in [-0.1, -0.05) is 0 Å². The maximum absolute atomic E-state index is 9.08. The van der Waals surface area contributed by atoms with E-state index in [0.29, 0.717) is 0 Å². The van der Waals surface area contributed by atoms with Crippen LogP contribution in [0.2, 0.25) is 0 Å². The maximum Gasteiger partial charge on any atom is 1.00 e. The average molecular weight is 389 g/mol. The molecule has 5 heteroatoms. The van der Waals surface area contributed by atoms with E-state index in [1.165, 1.54) is 0 Å². The molecule has 1 aliphatic rings. The summed E-state index contributed by atoms with van der Waals surface area (Å²) in [5, 5.41) is 18.0. The fourth-order valence-electron chi connectivity index (χ4n) is 1.16. The quantitative estimate of drug-likeness (QED) is 0.615. The predicted octanol–water partition coefficient (Wildman–Crippen LogP) is -0.496. The first-order valence-electron chi connectivity index (χ1n) is 4.29. The summed E-state index contributed by atoms with van der Waals surface area (Å²) in [7, 11) is 1.68. The Labute approximate surface area is 105 Å². The smallest absolute Gasteiger partial charge is 0.550 e. The van der Waals surface area contributed by atoms with Crippen molar-refractivity contribution >= 4 is 5.97 Å². The van der Waals surface area contributed by atoms with Crippen LogP contribution in [-0.4, -0.2) is 30.4 Å². The van der Waals surface area contributed by atoms with Gasteiger partial charge >= 0.3 is 27.7 Å². The van der Waals surface area contributed by atoms with Crippen LogP contribution < -0.4 is 5.11 Å². The molecule has 0 saturated heterocycles. The van der Waals surface area contributed by atoms with Crippen molar-refractivity contribution in [2.45, 2.75) is 38.4 Å². The Kier molecular flexibility index (Phi) is 11.8. The molecule has 0 amide bonds. The molecular formula is C9H16HgO4. The van der Waals surface area contributed by atoms with E-state index in [9.17, 15) is 0 Å². The third-order valence-electron chi connectivity index (χ3n) is 1.73. The van der Waals surface area contributed by atoms with Crippen LogP contribution in [-0.2, 0) is 37.2 Å². The number of hydrogen-bond acceptors (Lipinski definition) is 4. The SMILES string of the molecule is CC(=O)[O-].CO[C@@H]1[CH][C@@H](O)CCC1.[Hg+]. The first kappa shape index (κ1) is 16.7. The van der Waals surface area contributed by atoms with Crippen LogP contribution in [0, 0.1) is 6.42 Å². The first-order chi connectivity index (χ1) is 6.06. The average Bonchev–Trinajstić information content (AvgIpc) is 2.03. The van der Waals surface area contributed by atoms with Crippen molar-refractivity contribution in [3.05, 3.63) is 6.42 Å². The molecule has 0 aliphatic heterocycles. The number of hydrogen-bond donors (Lipinski definition) is 1. The Balaban J connectivity index is 0. The number of carbonyl (C=O) groups is 1. The van der Waals surface area contributed by atoms with Gasteiger partial charge in [-0.25, -0.2) is 0 Å². The summed E-state index contributed by atoms with van der Waals surface area (Å²) in [6.07, 6.45) is 4.87. The summed E-state index contributed by atoms with van der Waals surface area (Å²) in [6, 6.07) is 0. The van der Waals surface area contributed by atoms with Crippen LogP contribution in [0.15, 0.2) is 0 Å². The molecule has 0 unspecified atom stereocenters. The first-order valence-corrected chi connectivity index (χ1v) is 4.29. The van der Waals surface area contributed by atoms with Gasteiger partial charge in [-0.15, -0.1) is 0 Å². The van der Waals surface area contributed by atoms with Crippen LogP contribution in [0.3, 0.4) is 0 Å². The molecule has 78 valence electrons. The molecule has 1 fully saturated rings. The summed E-state index contributed by atoms with van der Waals surface area (Å²) >= 11 is 0. The molecule has 14 heavy (non-hydrogen) atoms. The van der Waals surface area contributed by atoms with E-state index in [2.05, 4.69) is 0 Å². The molecular weight excluding hydrogens is 373 g/mol. The second-order valence-corrected chi connectivity index (χ2v) is 2.96. The van der Waals surface area contributed by atoms with Crippen molar-refractivity contribution in [2.75, 3.05) is 7.11 Å². The number of ether oxygens (including phenoxy) is 1. The number of aliphatic hydroxyl groups excluding tert-OH is 1. The molecule has 2 atom stereocenters. The van der Waals surface area contributed by atoms with Gasteiger partial charge in [0.25, 0.3) is 0 Å². The zero-order valence-corrected chi connectivity index (χ0v) is 14.2. The minimum Gasteiger partial charge on any atom is -0.550 e. The van der Waals surface area contributed by atoms with Gasteiger partial charge < -0.3 is 19.7 Å². The molecule has 0 bridgehead atoms. The Morgan fingerprint density at radius 2 is 2.07 bits per heavy atom. The van der Waals surface area contributed by atoms with Crippen LogP contribution in [0.4, 0.5) is 0 Å². The second kappa shape index (κ2) is 9.86. The fraction of sp³-hybridized carbons (Fsp3) is 0.778. The minimum atomic E-state index is -1.08. The molecule has 0 spiro atoms. The van der Waals surface area contributed by atoms with Gasteiger partial charge in [-0.05, 0) is 26.2 Å². The van der Waals surface area contributed by atoms with Crippen molar-refractivity contribution in [3.8, 4) is 0 Å². The van der Waals surface area contributed by atoms with E-state index in [1.54, 1.807) is 7.11 Å². The van der Waals surface area contributed by atoms with Crippen molar-refractivity contribution in [3.63, 3.8) is 0 Å². The molecule has 2 radical (unpaired) electrons. The van der Waals surface area contributed by atoms with Crippen LogP contribution >= 0.6 is 0 Å². The molecule has 0 aromatic carbocycles. The normalized spacial score (nSPS) is 25.4. The van der Waals surface area contributed by atoms with Gasteiger partial charge in [0, 0.05) is 19.5 Å². The fourth-order valence-corrected chi connectivity index (χ4v) is 1.16. The summed E-state index contributed by atoms with van der Waals surface area (Å²) in [5.41, 5.74) is 0. The standard InChI is InChI=1S/C7H13O2.C2H4O2.Hg/c1-9-7-4-2-3-6(8)5-7;1-2(3)4;/h5-8H,2-4H2,1H3;1H3,(H,3,4);/q;;+1/p-1/t6-,7-;;/m0../s1. The summed E-state index contributed by atoms with van der Waals surface area (Å²) in [5.74, 6) is -1.08. The van der Waals surface area contributed by atoms with E-state index >= 15 is 0 Å². The zero-order valence-electron chi connectivity index (χ0n) is 8.73. The number of carboxylic acid groups (broad SMARTS) is 1. The van der Waals surface area contributed by atoms with E-state index in [1.807, 2.05) is 6.42 Å². The van der Waals surface area contributed by atoms with Crippen LogP contribution in [0.25, 0.3) is 0 Å². The largest absolute Gasteiger partial charge is 1.00 e. The number of methoxy groups -OCH3 is 1. The Hall–Kier alpha value is 0.325.